The van der Waals surface area contributed by atoms with E-state index >= 15 is 0 Å². The molecule has 0 spiro atoms. The van der Waals surface area contributed by atoms with Crippen LogP contribution in [0.5, 0.6) is 0 Å². The minimum atomic E-state index is -0.389. The molecule has 0 radical (unpaired) electrons. The van der Waals surface area contributed by atoms with Gasteiger partial charge in [0.2, 0.25) is 11.8 Å². The molecule has 1 aromatic heterocycles. The third kappa shape index (κ3) is 2.46. The maximum atomic E-state index is 11.9. The number of piperazine rings is 1. The van der Waals surface area contributed by atoms with Crippen molar-refractivity contribution in [1.29, 1.82) is 0 Å². The predicted molar refractivity (Wildman–Crippen MR) is 64.3 cm³/mol. The van der Waals surface area contributed by atoms with Crippen LogP contribution in [0.3, 0.4) is 0 Å². The van der Waals surface area contributed by atoms with Gasteiger partial charge in [-0.1, -0.05) is 13.8 Å². The Hall–Kier alpha value is -1.43. The number of nitrogens with zero attached hydrogens (tertiary/aromatic N) is 2. The number of aromatic nitrogens is 1. The van der Waals surface area contributed by atoms with E-state index in [1.54, 1.807) is 11.1 Å². The number of carbonyl (C=O) groups excluding carboxylic acids is 2. The van der Waals surface area contributed by atoms with Crippen molar-refractivity contribution in [2.24, 2.45) is 5.92 Å². The Kier molecular flexibility index (Phi) is 3.42. The topological polar surface area (TPSA) is 62.3 Å². The zero-order valence-electron chi connectivity index (χ0n) is 9.84. The van der Waals surface area contributed by atoms with E-state index in [1.807, 2.05) is 19.2 Å². The van der Waals surface area contributed by atoms with E-state index in [-0.39, 0.29) is 30.3 Å². The van der Waals surface area contributed by atoms with Gasteiger partial charge in [-0.2, -0.15) is 0 Å². The molecule has 2 amide bonds. The molecule has 1 aromatic rings. The molecule has 1 saturated heterocycles. The summed E-state index contributed by atoms with van der Waals surface area (Å²) in [5.74, 6) is -0.0196. The minimum absolute atomic E-state index is 0.0431. The lowest BCUT2D eigenvalue weighted by Crippen LogP contribution is -2.59. The Labute approximate surface area is 104 Å². The molecule has 1 atom stereocenters. The normalized spacial score (nSPS) is 20.9. The Morgan fingerprint density at radius 2 is 2.35 bits per heavy atom. The molecule has 6 heteroatoms. The first-order valence-corrected chi connectivity index (χ1v) is 6.43. The van der Waals surface area contributed by atoms with Crippen LogP contribution in [0, 0.1) is 5.92 Å². The lowest BCUT2D eigenvalue weighted by molar-refractivity contribution is -0.148. The van der Waals surface area contributed by atoms with Gasteiger partial charge in [0.25, 0.3) is 0 Å². The summed E-state index contributed by atoms with van der Waals surface area (Å²) in [5, 5.41) is 5.35. The van der Waals surface area contributed by atoms with Gasteiger partial charge in [-0.05, 0) is 5.92 Å². The molecule has 1 fully saturated rings. The second-order valence-corrected chi connectivity index (χ2v) is 5.33. The van der Waals surface area contributed by atoms with Crippen LogP contribution in [0.15, 0.2) is 11.6 Å². The fourth-order valence-electron chi connectivity index (χ4n) is 1.99. The SMILES string of the molecule is CC(C)C1C(=O)NCC(=O)N1Cc1nccs1. The molecule has 1 N–H and O–H groups in total. The Morgan fingerprint density at radius 3 is 2.94 bits per heavy atom. The van der Waals surface area contributed by atoms with Crippen LogP contribution >= 0.6 is 11.3 Å². The van der Waals surface area contributed by atoms with Crippen molar-refractivity contribution in [3.05, 3.63) is 16.6 Å². The van der Waals surface area contributed by atoms with Gasteiger partial charge in [0.15, 0.2) is 0 Å². The molecule has 2 heterocycles. The molecule has 0 bridgehead atoms. The van der Waals surface area contributed by atoms with Gasteiger partial charge in [0, 0.05) is 11.6 Å². The summed E-state index contributed by atoms with van der Waals surface area (Å²) in [6.07, 6.45) is 1.71. The van der Waals surface area contributed by atoms with Crippen molar-refractivity contribution in [3.63, 3.8) is 0 Å². The number of thiazole rings is 1. The molecule has 5 nitrogen and oxygen atoms in total. The molecule has 0 aliphatic carbocycles. The minimum Gasteiger partial charge on any atom is -0.345 e. The number of hydrogen-bond donors (Lipinski definition) is 1. The van der Waals surface area contributed by atoms with Crippen molar-refractivity contribution in [1.82, 2.24) is 15.2 Å². The molecule has 1 unspecified atom stereocenters. The number of hydrogen-bond acceptors (Lipinski definition) is 4. The van der Waals surface area contributed by atoms with Gasteiger partial charge >= 0.3 is 0 Å². The van der Waals surface area contributed by atoms with Crippen LogP contribution in [0.2, 0.25) is 0 Å². The summed E-state index contributed by atoms with van der Waals surface area (Å²) in [4.78, 5) is 29.5. The Bertz CT molecular complexity index is 416. The number of carbonyl (C=O) groups is 2. The molecule has 1 aliphatic heterocycles. The van der Waals surface area contributed by atoms with Gasteiger partial charge in [-0.25, -0.2) is 4.98 Å². The van der Waals surface area contributed by atoms with E-state index in [0.29, 0.717) is 6.54 Å². The van der Waals surface area contributed by atoms with Gasteiger partial charge in [-0.3, -0.25) is 9.59 Å². The van der Waals surface area contributed by atoms with Crippen LogP contribution in [0.25, 0.3) is 0 Å². The van der Waals surface area contributed by atoms with Crippen molar-refractivity contribution >= 4 is 23.2 Å². The molecular weight excluding hydrogens is 238 g/mol. The first kappa shape index (κ1) is 12.0. The van der Waals surface area contributed by atoms with E-state index < -0.39 is 0 Å². The van der Waals surface area contributed by atoms with E-state index in [0.717, 1.165) is 5.01 Å². The summed E-state index contributed by atoms with van der Waals surface area (Å²) in [6, 6.07) is -0.389. The fourth-order valence-corrected chi connectivity index (χ4v) is 2.61. The lowest BCUT2D eigenvalue weighted by Gasteiger charge is -2.36. The van der Waals surface area contributed by atoms with Gasteiger partial charge in [0.1, 0.15) is 11.0 Å². The van der Waals surface area contributed by atoms with Crippen LogP contribution in [0.1, 0.15) is 18.9 Å². The summed E-state index contributed by atoms with van der Waals surface area (Å²) in [6.45, 7) is 4.40. The van der Waals surface area contributed by atoms with Crippen LogP contribution < -0.4 is 5.32 Å². The van der Waals surface area contributed by atoms with E-state index in [9.17, 15) is 9.59 Å². The largest absolute Gasteiger partial charge is 0.345 e. The zero-order chi connectivity index (χ0) is 12.4. The van der Waals surface area contributed by atoms with Gasteiger partial charge < -0.3 is 10.2 Å². The third-order valence-corrected chi connectivity index (χ3v) is 3.52. The van der Waals surface area contributed by atoms with Crippen molar-refractivity contribution < 1.29 is 9.59 Å². The number of amides is 2. The lowest BCUT2D eigenvalue weighted by atomic mass is 9.99. The van der Waals surface area contributed by atoms with E-state index in [2.05, 4.69) is 10.3 Å². The molecule has 0 aromatic carbocycles. The monoisotopic (exact) mass is 253 g/mol. The van der Waals surface area contributed by atoms with Crippen molar-refractivity contribution in [2.75, 3.05) is 6.54 Å². The second kappa shape index (κ2) is 4.83. The highest BCUT2D eigenvalue weighted by Gasteiger charge is 2.36. The summed E-state index contributed by atoms with van der Waals surface area (Å²) in [5.41, 5.74) is 0. The van der Waals surface area contributed by atoms with Gasteiger partial charge in [-0.15, -0.1) is 11.3 Å². The van der Waals surface area contributed by atoms with Crippen molar-refractivity contribution in [3.8, 4) is 0 Å². The molecule has 1 aliphatic rings. The summed E-state index contributed by atoms with van der Waals surface area (Å²) < 4.78 is 0. The molecule has 2 rings (SSSR count). The number of nitrogens with one attached hydrogen (secondary N) is 1. The number of rotatable bonds is 3. The Balaban J connectivity index is 2.20. The average molecular weight is 253 g/mol. The molecule has 17 heavy (non-hydrogen) atoms. The third-order valence-electron chi connectivity index (χ3n) is 2.76. The quantitative estimate of drug-likeness (QED) is 0.859. The highest BCUT2D eigenvalue weighted by molar-refractivity contribution is 7.09. The highest BCUT2D eigenvalue weighted by atomic mass is 32.1. The van der Waals surface area contributed by atoms with Crippen molar-refractivity contribution in [2.45, 2.75) is 26.4 Å². The van der Waals surface area contributed by atoms with Crippen LogP contribution in [-0.4, -0.2) is 34.3 Å². The summed E-state index contributed by atoms with van der Waals surface area (Å²) in [7, 11) is 0. The van der Waals surface area contributed by atoms with E-state index in [1.165, 1.54) is 11.3 Å². The predicted octanol–water partition coefficient (Wildman–Crippen LogP) is 0.626. The first-order valence-electron chi connectivity index (χ1n) is 5.55. The Morgan fingerprint density at radius 1 is 1.59 bits per heavy atom. The molecule has 92 valence electrons. The van der Waals surface area contributed by atoms with Crippen LogP contribution in [-0.2, 0) is 16.1 Å². The smallest absolute Gasteiger partial charge is 0.243 e. The maximum absolute atomic E-state index is 11.9. The standard InChI is InChI=1S/C11H15N3O2S/c1-7(2)10-11(16)13-5-9(15)14(10)6-8-12-3-4-17-8/h3-4,7,10H,5-6H2,1-2H3,(H,13,16). The second-order valence-electron chi connectivity index (χ2n) is 4.35. The van der Waals surface area contributed by atoms with E-state index in [4.69, 9.17) is 0 Å². The molecular formula is C11H15N3O2S. The van der Waals surface area contributed by atoms with Gasteiger partial charge in [0.05, 0.1) is 13.1 Å². The zero-order valence-corrected chi connectivity index (χ0v) is 10.7. The molecule has 0 saturated carbocycles. The maximum Gasteiger partial charge on any atom is 0.243 e. The average Bonchev–Trinajstić information content (AvgIpc) is 2.76. The first-order chi connectivity index (χ1) is 8.09. The summed E-state index contributed by atoms with van der Waals surface area (Å²) >= 11 is 1.50. The fraction of sp³-hybridized carbons (Fsp3) is 0.545. The van der Waals surface area contributed by atoms with Crippen LogP contribution in [0.4, 0.5) is 0 Å². The highest BCUT2D eigenvalue weighted by Crippen LogP contribution is 2.18.